The van der Waals surface area contributed by atoms with Crippen LogP contribution in [0.3, 0.4) is 0 Å². The summed E-state index contributed by atoms with van der Waals surface area (Å²) in [7, 11) is 0. The van der Waals surface area contributed by atoms with Crippen molar-refractivity contribution < 1.29 is 19.1 Å². The number of hydrogen-bond donors (Lipinski definition) is 0. The topological polar surface area (TPSA) is 52.6 Å². The van der Waals surface area contributed by atoms with Crippen LogP contribution in [-0.4, -0.2) is 25.2 Å². The van der Waals surface area contributed by atoms with Crippen molar-refractivity contribution in [2.24, 2.45) is 23.7 Å². The molecule has 0 radical (unpaired) electrons. The Kier molecular flexibility index (Phi) is 14.0. The number of carbonyl (C=O) groups excluding carboxylic acids is 2. The molecule has 0 aromatic rings. The van der Waals surface area contributed by atoms with Crippen molar-refractivity contribution in [3.63, 3.8) is 0 Å². The minimum atomic E-state index is -0.300. The Morgan fingerprint density at radius 1 is 0.594 bits per heavy atom. The van der Waals surface area contributed by atoms with Gasteiger partial charge in [0.25, 0.3) is 0 Å². The smallest absolute Gasteiger partial charge is 0.309 e. The van der Waals surface area contributed by atoms with Gasteiger partial charge in [-0.2, -0.15) is 0 Å². The molecule has 0 bridgehead atoms. The maximum Gasteiger partial charge on any atom is 0.309 e. The summed E-state index contributed by atoms with van der Waals surface area (Å²) >= 11 is 0. The monoisotopic (exact) mass is 450 g/mol. The summed E-state index contributed by atoms with van der Waals surface area (Å²) in [6, 6.07) is 0. The third-order valence-electron chi connectivity index (χ3n) is 7.76. The van der Waals surface area contributed by atoms with Crippen molar-refractivity contribution in [1.82, 2.24) is 0 Å². The number of hydrogen-bond acceptors (Lipinski definition) is 4. The van der Waals surface area contributed by atoms with E-state index >= 15 is 0 Å². The van der Waals surface area contributed by atoms with E-state index in [1.807, 2.05) is 0 Å². The maximum atomic E-state index is 13.0. The van der Waals surface area contributed by atoms with Crippen molar-refractivity contribution in [1.29, 1.82) is 0 Å². The van der Waals surface area contributed by atoms with Gasteiger partial charge in [-0.1, -0.05) is 104 Å². The van der Waals surface area contributed by atoms with Gasteiger partial charge in [0.1, 0.15) is 0 Å². The third kappa shape index (κ3) is 9.83. The van der Waals surface area contributed by atoms with Crippen LogP contribution < -0.4 is 0 Å². The Labute approximate surface area is 197 Å². The van der Waals surface area contributed by atoms with E-state index < -0.39 is 0 Å². The lowest BCUT2D eigenvalue weighted by atomic mass is 9.63. The van der Waals surface area contributed by atoms with E-state index in [9.17, 15) is 9.59 Å². The Morgan fingerprint density at radius 3 is 1.38 bits per heavy atom. The van der Waals surface area contributed by atoms with Gasteiger partial charge < -0.3 is 9.47 Å². The summed E-state index contributed by atoms with van der Waals surface area (Å²) in [5.41, 5.74) is 0. The van der Waals surface area contributed by atoms with Crippen LogP contribution in [0.25, 0.3) is 0 Å². The first kappa shape index (κ1) is 27.2. The lowest BCUT2D eigenvalue weighted by molar-refractivity contribution is -0.166. The highest BCUT2D eigenvalue weighted by Crippen LogP contribution is 2.46. The van der Waals surface area contributed by atoms with Gasteiger partial charge in [0.05, 0.1) is 25.0 Å². The zero-order chi connectivity index (χ0) is 23.0. The molecule has 2 rings (SSSR count). The average Bonchev–Trinajstić information content (AvgIpc) is 2.81. The highest BCUT2D eigenvalue weighted by Gasteiger charge is 2.45. The number of esters is 2. The van der Waals surface area contributed by atoms with Crippen LogP contribution in [0.4, 0.5) is 0 Å². The molecule has 186 valence electrons. The van der Waals surface area contributed by atoms with E-state index in [1.54, 1.807) is 0 Å². The first-order valence-electron chi connectivity index (χ1n) is 14.0. The molecule has 0 heterocycles. The summed E-state index contributed by atoms with van der Waals surface area (Å²) < 4.78 is 11.4. The Morgan fingerprint density at radius 2 is 0.969 bits per heavy atom. The van der Waals surface area contributed by atoms with Crippen LogP contribution >= 0.6 is 0 Å². The number of fused-ring (bicyclic) bond motifs is 1. The lowest BCUT2D eigenvalue weighted by Gasteiger charge is -2.41. The lowest BCUT2D eigenvalue weighted by Crippen LogP contribution is -2.42. The highest BCUT2D eigenvalue weighted by molar-refractivity contribution is 5.82. The largest absolute Gasteiger partial charge is 0.465 e. The number of ether oxygens (including phenoxy) is 2. The molecule has 4 atom stereocenters. The molecule has 0 N–H and O–H groups in total. The van der Waals surface area contributed by atoms with Crippen LogP contribution in [0.1, 0.15) is 129 Å². The van der Waals surface area contributed by atoms with Crippen LogP contribution in [-0.2, 0) is 19.1 Å². The molecule has 2 fully saturated rings. The first-order chi connectivity index (χ1) is 15.7. The number of rotatable bonds is 16. The van der Waals surface area contributed by atoms with Crippen LogP contribution in [0.5, 0.6) is 0 Å². The van der Waals surface area contributed by atoms with Gasteiger partial charge in [0, 0.05) is 0 Å². The van der Waals surface area contributed by atoms with Gasteiger partial charge in [-0.05, 0) is 37.5 Å². The second-order valence-corrected chi connectivity index (χ2v) is 10.4. The molecule has 4 unspecified atom stereocenters. The Balaban J connectivity index is 1.78. The molecule has 2 aliphatic rings. The minimum absolute atomic E-state index is 0.149. The van der Waals surface area contributed by atoms with E-state index in [2.05, 4.69) is 13.8 Å². The van der Waals surface area contributed by atoms with E-state index in [0.29, 0.717) is 25.0 Å². The van der Waals surface area contributed by atoms with Crippen molar-refractivity contribution in [3.8, 4) is 0 Å². The molecular formula is C28H50O4. The quantitative estimate of drug-likeness (QED) is 0.179. The summed E-state index contributed by atoms with van der Waals surface area (Å²) in [5, 5.41) is 0. The van der Waals surface area contributed by atoms with Gasteiger partial charge >= 0.3 is 11.9 Å². The fourth-order valence-corrected chi connectivity index (χ4v) is 5.73. The molecule has 4 heteroatoms. The molecule has 2 aliphatic carbocycles. The van der Waals surface area contributed by atoms with Crippen molar-refractivity contribution in [3.05, 3.63) is 0 Å². The molecule has 0 saturated heterocycles. The maximum absolute atomic E-state index is 13.0. The zero-order valence-electron chi connectivity index (χ0n) is 21.1. The first-order valence-corrected chi connectivity index (χ1v) is 14.0. The summed E-state index contributed by atoms with van der Waals surface area (Å²) in [6.45, 7) is 5.43. The van der Waals surface area contributed by atoms with Crippen molar-refractivity contribution in [2.45, 2.75) is 129 Å². The predicted molar refractivity (Wildman–Crippen MR) is 130 cm³/mol. The fraction of sp³-hybridized carbons (Fsp3) is 0.929. The van der Waals surface area contributed by atoms with E-state index in [-0.39, 0.29) is 23.8 Å². The summed E-state index contributed by atoms with van der Waals surface area (Å²) in [6.07, 6.45) is 20.7. The summed E-state index contributed by atoms with van der Waals surface area (Å²) in [4.78, 5) is 25.9. The molecule has 0 spiro atoms. The van der Waals surface area contributed by atoms with Crippen molar-refractivity contribution in [2.75, 3.05) is 13.2 Å². The minimum Gasteiger partial charge on any atom is -0.465 e. The van der Waals surface area contributed by atoms with Gasteiger partial charge in [0.15, 0.2) is 0 Å². The highest BCUT2D eigenvalue weighted by atomic mass is 16.5. The second kappa shape index (κ2) is 16.5. The van der Waals surface area contributed by atoms with Crippen LogP contribution in [0.2, 0.25) is 0 Å². The van der Waals surface area contributed by atoms with E-state index in [4.69, 9.17) is 9.47 Å². The molecule has 2 saturated carbocycles. The number of unbranched alkanes of at least 4 members (excludes halogenated alkanes) is 10. The van der Waals surface area contributed by atoms with E-state index in [1.165, 1.54) is 77.0 Å². The van der Waals surface area contributed by atoms with Crippen LogP contribution in [0.15, 0.2) is 0 Å². The van der Waals surface area contributed by atoms with E-state index in [0.717, 1.165) is 38.5 Å². The summed E-state index contributed by atoms with van der Waals surface area (Å²) in [5.74, 6) is 0.266. The third-order valence-corrected chi connectivity index (χ3v) is 7.76. The SMILES string of the molecule is CCCCCCCCOC(=O)C1CC2CCCCC2CC1C(=O)OCCCCCCCC. The molecule has 0 amide bonds. The van der Waals surface area contributed by atoms with Crippen LogP contribution in [0, 0.1) is 23.7 Å². The van der Waals surface area contributed by atoms with Gasteiger partial charge in [-0.25, -0.2) is 0 Å². The fourth-order valence-electron chi connectivity index (χ4n) is 5.73. The van der Waals surface area contributed by atoms with Gasteiger partial charge in [0.2, 0.25) is 0 Å². The Hall–Kier alpha value is -1.06. The molecule has 0 aliphatic heterocycles. The molecular weight excluding hydrogens is 400 g/mol. The second-order valence-electron chi connectivity index (χ2n) is 10.4. The molecule has 0 aromatic heterocycles. The molecule has 32 heavy (non-hydrogen) atoms. The van der Waals surface area contributed by atoms with Gasteiger partial charge in [-0.3, -0.25) is 9.59 Å². The zero-order valence-corrected chi connectivity index (χ0v) is 21.1. The Bertz CT molecular complexity index is 472. The average molecular weight is 451 g/mol. The standard InChI is InChI=1S/C28H50O4/c1-3-5-7-9-11-15-19-31-27(29)25-21-23-17-13-14-18-24(23)22-26(25)28(30)32-20-16-12-10-8-6-4-2/h23-26H,3-22H2,1-2H3. The molecule has 4 nitrogen and oxygen atoms in total. The van der Waals surface area contributed by atoms with Crippen molar-refractivity contribution >= 4 is 11.9 Å². The normalized spacial score (nSPS) is 25.2. The predicted octanol–water partition coefficient (Wildman–Crippen LogP) is 7.63. The number of carbonyl (C=O) groups is 2. The molecule has 0 aromatic carbocycles. The van der Waals surface area contributed by atoms with Gasteiger partial charge in [-0.15, -0.1) is 0 Å².